The van der Waals surface area contributed by atoms with Gasteiger partial charge >= 0.3 is 0 Å². The molecule has 1 fully saturated rings. The van der Waals surface area contributed by atoms with Crippen molar-refractivity contribution in [2.24, 2.45) is 5.92 Å². The number of hydrogen-bond acceptors (Lipinski definition) is 5. The van der Waals surface area contributed by atoms with E-state index in [1.54, 1.807) is 4.52 Å². The number of aryl methyl sites for hydroxylation is 2. The number of para-hydroxylation sites is 1. The quantitative estimate of drug-likeness (QED) is 0.666. The van der Waals surface area contributed by atoms with Gasteiger partial charge in [0.15, 0.2) is 11.8 Å². The number of imidazole rings is 1. The highest BCUT2D eigenvalue weighted by molar-refractivity contribution is 5.81. The summed E-state index contributed by atoms with van der Waals surface area (Å²) in [5, 5.41) is 4.45. The Balaban J connectivity index is 1.12. The molecule has 2 aliphatic heterocycles. The fraction of sp³-hybridized carbons (Fsp3) is 0.435. The second kappa shape index (κ2) is 7.97. The summed E-state index contributed by atoms with van der Waals surface area (Å²) in [6.45, 7) is 4.06. The van der Waals surface area contributed by atoms with E-state index in [2.05, 4.69) is 16.1 Å². The molecule has 0 N–H and O–H groups in total. The van der Waals surface area contributed by atoms with Gasteiger partial charge in [0, 0.05) is 19.2 Å². The van der Waals surface area contributed by atoms with Gasteiger partial charge in [-0.25, -0.2) is 9.50 Å². The van der Waals surface area contributed by atoms with Gasteiger partial charge in [0.25, 0.3) is 5.91 Å². The molecule has 156 valence electrons. The fourth-order valence-electron chi connectivity index (χ4n) is 4.28. The number of ether oxygens (including phenoxy) is 2. The van der Waals surface area contributed by atoms with Gasteiger partial charge < -0.3 is 14.4 Å². The summed E-state index contributed by atoms with van der Waals surface area (Å²) < 4.78 is 13.7. The first-order valence-corrected chi connectivity index (χ1v) is 10.6. The molecule has 1 atom stereocenters. The molecule has 0 saturated carbocycles. The van der Waals surface area contributed by atoms with Crippen molar-refractivity contribution >= 4 is 11.6 Å². The van der Waals surface area contributed by atoms with E-state index in [1.165, 1.54) is 5.56 Å². The van der Waals surface area contributed by atoms with Crippen LogP contribution in [0.25, 0.3) is 5.65 Å². The zero-order valence-electron chi connectivity index (χ0n) is 17.2. The Kier molecular flexibility index (Phi) is 5.02. The van der Waals surface area contributed by atoms with E-state index in [0.29, 0.717) is 18.4 Å². The first kappa shape index (κ1) is 18.9. The number of carbonyl (C=O) groups excluding carboxylic acids is 1. The Hall–Kier alpha value is -3.09. The second-order valence-electron chi connectivity index (χ2n) is 8.19. The third-order valence-corrected chi connectivity index (χ3v) is 6.00. The first-order valence-electron chi connectivity index (χ1n) is 10.6. The number of hydrogen-bond donors (Lipinski definition) is 0. The fourth-order valence-corrected chi connectivity index (χ4v) is 4.28. The Morgan fingerprint density at radius 3 is 2.87 bits per heavy atom. The van der Waals surface area contributed by atoms with Crippen molar-refractivity contribution in [1.29, 1.82) is 0 Å². The van der Waals surface area contributed by atoms with Crippen molar-refractivity contribution in [3.05, 3.63) is 53.9 Å². The van der Waals surface area contributed by atoms with Crippen LogP contribution in [0.4, 0.5) is 0 Å². The lowest BCUT2D eigenvalue weighted by atomic mass is 9.96. The normalized spacial score (nSPS) is 19.4. The summed E-state index contributed by atoms with van der Waals surface area (Å²) in [5.74, 6) is 1.99. The van der Waals surface area contributed by atoms with Crippen molar-refractivity contribution in [3.63, 3.8) is 0 Å². The Morgan fingerprint density at radius 1 is 1.17 bits per heavy atom. The monoisotopic (exact) mass is 406 g/mol. The number of nitrogens with zero attached hydrogens (tertiary/aromatic N) is 4. The van der Waals surface area contributed by atoms with E-state index in [-0.39, 0.29) is 12.0 Å². The smallest absolute Gasteiger partial charge is 0.263 e. The molecule has 2 aliphatic rings. The van der Waals surface area contributed by atoms with E-state index < -0.39 is 0 Å². The van der Waals surface area contributed by atoms with Crippen LogP contribution in [0.15, 0.2) is 42.6 Å². The molecule has 5 rings (SSSR count). The van der Waals surface area contributed by atoms with E-state index >= 15 is 0 Å². The predicted molar refractivity (Wildman–Crippen MR) is 112 cm³/mol. The topological polar surface area (TPSA) is 69.0 Å². The molecule has 1 saturated heterocycles. The number of likely N-dealkylation sites (tertiary alicyclic amines) is 1. The Labute approximate surface area is 175 Å². The second-order valence-corrected chi connectivity index (χ2v) is 8.19. The largest absolute Gasteiger partial charge is 0.480 e. The molecule has 7 nitrogen and oxygen atoms in total. The molecular weight excluding hydrogens is 380 g/mol. The minimum absolute atomic E-state index is 0.117. The Morgan fingerprint density at radius 2 is 2.00 bits per heavy atom. The van der Waals surface area contributed by atoms with Gasteiger partial charge in [0.1, 0.15) is 5.75 Å². The van der Waals surface area contributed by atoms with E-state index in [0.717, 1.165) is 55.9 Å². The van der Waals surface area contributed by atoms with Crippen molar-refractivity contribution in [3.8, 4) is 11.6 Å². The lowest BCUT2D eigenvalue weighted by Crippen LogP contribution is -2.47. The summed E-state index contributed by atoms with van der Waals surface area (Å²) in [6, 6.07) is 11.8. The molecule has 1 aromatic carbocycles. The number of amides is 1. The van der Waals surface area contributed by atoms with Crippen molar-refractivity contribution in [2.75, 3.05) is 19.7 Å². The molecule has 30 heavy (non-hydrogen) atoms. The zero-order valence-corrected chi connectivity index (χ0v) is 17.2. The molecule has 7 heteroatoms. The number of carbonyl (C=O) groups is 1. The maximum Gasteiger partial charge on any atom is 0.263 e. The molecule has 4 heterocycles. The molecule has 3 aromatic rings. The van der Waals surface area contributed by atoms with Crippen LogP contribution in [-0.4, -0.2) is 51.2 Å². The van der Waals surface area contributed by atoms with Gasteiger partial charge in [0.05, 0.1) is 18.5 Å². The van der Waals surface area contributed by atoms with Crippen LogP contribution in [0.3, 0.4) is 0 Å². The van der Waals surface area contributed by atoms with Crippen molar-refractivity contribution in [1.82, 2.24) is 19.5 Å². The third-order valence-electron chi connectivity index (χ3n) is 6.00. The summed E-state index contributed by atoms with van der Waals surface area (Å²) in [5.41, 5.74) is 2.94. The van der Waals surface area contributed by atoms with E-state index in [9.17, 15) is 4.79 Å². The van der Waals surface area contributed by atoms with Crippen LogP contribution < -0.4 is 9.47 Å². The van der Waals surface area contributed by atoms with Crippen LogP contribution in [0.1, 0.15) is 30.5 Å². The maximum absolute atomic E-state index is 12.9. The maximum atomic E-state index is 12.9. The van der Waals surface area contributed by atoms with Crippen LogP contribution >= 0.6 is 0 Å². The molecule has 0 aliphatic carbocycles. The van der Waals surface area contributed by atoms with Gasteiger partial charge in [-0.2, -0.15) is 0 Å². The predicted octanol–water partition coefficient (Wildman–Crippen LogP) is 3.05. The number of aromatic nitrogens is 3. The zero-order chi connectivity index (χ0) is 20.5. The van der Waals surface area contributed by atoms with Crippen LogP contribution in [0.5, 0.6) is 11.6 Å². The lowest BCUT2D eigenvalue weighted by Gasteiger charge is -2.35. The highest BCUT2D eigenvalue weighted by Gasteiger charge is 2.32. The van der Waals surface area contributed by atoms with Crippen LogP contribution in [-0.2, 0) is 11.2 Å². The lowest BCUT2D eigenvalue weighted by molar-refractivity contribution is -0.141. The average Bonchev–Trinajstić information content (AvgIpc) is 3.16. The van der Waals surface area contributed by atoms with Gasteiger partial charge in [-0.3, -0.25) is 4.79 Å². The number of piperidine rings is 1. The van der Waals surface area contributed by atoms with E-state index in [4.69, 9.17) is 9.47 Å². The highest BCUT2D eigenvalue weighted by atomic mass is 16.5. The van der Waals surface area contributed by atoms with Crippen molar-refractivity contribution in [2.45, 2.75) is 38.7 Å². The SMILES string of the molecule is Cc1cn2nc(OCC3CCN(C(=O)C4CCc5ccccc5O4)CC3)ccc2n1. The number of rotatable bonds is 4. The third kappa shape index (κ3) is 3.84. The minimum atomic E-state index is -0.359. The Bertz CT molecular complexity index is 1060. The van der Waals surface area contributed by atoms with Crippen molar-refractivity contribution < 1.29 is 14.3 Å². The number of benzene rings is 1. The summed E-state index contributed by atoms with van der Waals surface area (Å²) >= 11 is 0. The summed E-state index contributed by atoms with van der Waals surface area (Å²) in [7, 11) is 0. The first-order chi connectivity index (χ1) is 14.7. The molecule has 1 amide bonds. The van der Waals surface area contributed by atoms with Crippen LogP contribution in [0.2, 0.25) is 0 Å². The minimum Gasteiger partial charge on any atom is -0.480 e. The van der Waals surface area contributed by atoms with Gasteiger partial charge in [-0.15, -0.1) is 5.10 Å². The molecule has 1 unspecified atom stereocenters. The molecule has 0 spiro atoms. The molecule has 0 radical (unpaired) electrons. The van der Waals surface area contributed by atoms with Gasteiger partial charge in [-0.1, -0.05) is 18.2 Å². The van der Waals surface area contributed by atoms with E-state index in [1.807, 2.05) is 48.4 Å². The van der Waals surface area contributed by atoms with Crippen LogP contribution in [0, 0.1) is 12.8 Å². The number of fused-ring (bicyclic) bond motifs is 2. The molecule has 0 bridgehead atoms. The summed E-state index contributed by atoms with van der Waals surface area (Å²) in [4.78, 5) is 19.3. The standard InChI is InChI=1S/C23H26N4O3/c1-16-14-27-21(24-16)8-9-22(25-27)29-15-17-10-12-26(13-11-17)23(28)20-7-6-18-4-2-3-5-19(18)30-20/h2-5,8-9,14,17,20H,6-7,10-13,15H2,1H3. The molecular formula is C23H26N4O3. The molecule has 2 aromatic heterocycles. The van der Waals surface area contributed by atoms with Gasteiger partial charge in [-0.05, 0) is 56.2 Å². The average molecular weight is 406 g/mol. The van der Waals surface area contributed by atoms with Gasteiger partial charge in [0.2, 0.25) is 5.88 Å². The summed E-state index contributed by atoms with van der Waals surface area (Å²) in [6.07, 6.45) is 5.04. The highest BCUT2D eigenvalue weighted by Crippen LogP contribution is 2.29.